The highest BCUT2D eigenvalue weighted by Crippen LogP contribution is 2.27. The van der Waals surface area contributed by atoms with E-state index in [0.29, 0.717) is 39.0 Å². The Kier molecular flexibility index (Phi) is 2.66. The van der Waals surface area contributed by atoms with Gasteiger partial charge >= 0.3 is 0 Å². The van der Waals surface area contributed by atoms with Crippen LogP contribution < -0.4 is 11.2 Å². The van der Waals surface area contributed by atoms with Gasteiger partial charge < -0.3 is 10.2 Å². The number of hydrogen-bond donors (Lipinski definition) is 1. The molecule has 0 amide bonds. The lowest BCUT2D eigenvalue weighted by Crippen LogP contribution is -2.04. The van der Waals surface area contributed by atoms with Crippen molar-refractivity contribution in [3.8, 4) is 11.3 Å². The maximum Gasteiger partial charge on any atom is 0.201 e. The quantitative estimate of drug-likeness (QED) is 0.545. The highest BCUT2D eigenvalue weighted by atomic mass is 16.3. The van der Waals surface area contributed by atoms with E-state index in [1.165, 1.54) is 6.20 Å². The molecule has 2 N–H and O–H groups in total. The Balaban J connectivity index is 2.14. The van der Waals surface area contributed by atoms with Crippen molar-refractivity contribution in [3.05, 3.63) is 65.1 Å². The van der Waals surface area contributed by atoms with Crippen molar-refractivity contribution in [3.63, 3.8) is 0 Å². The molecule has 4 rings (SSSR count). The van der Waals surface area contributed by atoms with E-state index in [4.69, 9.17) is 10.2 Å². The fourth-order valence-electron chi connectivity index (χ4n) is 2.54. The van der Waals surface area contributed by atoms with Gasteiger partial charge in [-0.1, -0.05) is 24.3 Å². The Labute approximate surface area is 125 Å². The number of aromatic nitrogens is 2. The van der Waals surface area contributed by atoms with Crippen molar-refractivity contribution in [1.29, 1.82) is 0 Å². The van der Waals surface area contributed by atoms with E-state index in [1.807, 2.05) is 24.3 Å². The number of nitrogens with two attached hydrogens (primary N) is 1. The number of rotatable bonds is 1. The monoisotopic (exact) mass is 289 g/mol. The van der Waals surface area contributed by atoms with Crippen LogP contribution in [0.4, 0.5) is 5.82 Å². The second kappa shape index (κ2) is 4.66. The van der Waals surface area contributed by atoms with Gasteiger partial charge in [-0.3, -0.25) is 9.78 Å². The third-order valence-corrected chi connectivity index (χ3v) is 3.55. The van der Waals surface area contributed by atoms with Gasteiger partial charge in [-0.15, -0.1) is 0 Å². The van der Waals surface area contributed by atoms with Crippen LogP contribution in [-0.4, -0.2) is 9.97 Å². The lowest BCUT2D eigenvalue weighted by molar-refractivity contribution is 0.660. The largest absolute Gasteiger partial charge is 0.456 e. The Morgan fingerprint density at radius 3 is 2.55 bits per heavy atom. The maximum absolute atomic E-state index is 12.8. The van der Waals surface area contributed by atoms with Gasteiger partial charge in [0.2, 0.25) is 5.43 Å². The predicted molar refractivity (Wildman–Crippen MR) is 85.4 cm³/mol. The molecular formula is C17H11N3O2. The summed E-state index contributed by atoms with van der Waals surface area (Å²) in [7, 11) is 0. The average molecular weight is 289 g/mol. The van der Waals surface area contributed by atoms with Crippen LogP contribution in [0.25, 0.3) is 33.2 Å². The summed E-state index contributed by atoms with van der Waals surface area (Å²) >= 11 is 0. The van der Waals surface area contributed by atoms with Crippen molar-refractivity contribution >= 4 is 27.8 Å². The standard InChI is InChI=1S/C17H11N3O2/c18-15-9-19-12(8-20-15)10-5-3-7-14-16(10)17(21)11-4-1-2-6-13(11)22-14/h1-9H,(H2,18,20). The van der Waals surface area contributed by atoms with Gasteiger partial charge in [-0.25, -0.2) is 4.98 Å². The number of benzene rings is 2. The van der Waals surface area contributed by atoms with Crippen LogP contribution in [0.3, 0.4) is 0 Å². The molecule has 0 spiro atoms. The zero-order chi connectivity index (χ0) is 15.1. The number of nitrogens with zero attached hydrogens (tertiary/aromatic N) is 2. The molecule has 2 aromatic heterocycles. The fourth-order valence-corrected chi connectivity index (χ4v) is 2.54. The zero-order valence-electron chi connectivity index (χ0n) is 11.5. The van der Waals surface area contributed by atoms with Crippen LogP contribution in [0.5, 0.6) is 0 Å². The zero-order valence-corrected chi connectivity index (χ0v) is 11.5. The number of fused-ring (bicyclic) bond motifs is 2. The molecule has 0 atom stereocenters. The Morgan fingerprint density at radius 1 is 0.909 bits per heavy atom. The third kappa shape index (κ3) is 1.83. The minimum absolute atomic E-state index is 0.0777. The Bertz CT molecular complexity index is 1050. The molecule has 2 heterocycles. The minimum atomic E-state index is -0.0777. The number of nitrogen functional groups attached to an aromatic ring is 1. The van der Waals surface area contributed by atoms with E-state index >= 15 is 0 Å². The Hall–Kier alpha value is -3.21. The summed E-state index contributed by atoms with van der Waals surface area (Å²) in [4.78, 5) is 21.1. The molecule has 0 fully saturated rings. The molecule has 0 aliphatic rings. The molecule has 4 aromatic rings. The topological polar surface area (TPSA) is 82.0 Å². The highest BCUT2D eigenvalue weighted by molar-refractivity contribution is 5.98. The Morgan fingerprint density at radius 2 is 1.73 bits per heavy atom. The summed E-state index contributed by atoms with van der Waals surface area (Å²) < 4.78 is 5.84. The molecule has 0 saturated heterocycles. The summed E-state index contributed by atoms with van der Waals surface area (Å²) in [6.07, 6.45) is 3.02. The molecule has 0 unspecified atom stereocenters. The smallest absolute Gasteiger partial charge is 0.201 e. The van der Waals surface area contributed by atoms with Crippen LogP contribution in [0.1, 0.15) is 0 Å². The van der Waals surface area contributed by atoms with Crippen LogP contribution in [0.15, 0.2) is 64.1 Å². The molecule has 0 aliphatic carbocycles. The first-order chi connectivity index (χ1) is 10.7. The first-order valence-corrected chi connectivity index (χ1v) is 6.76. The second-order valence-electron chi connectivity index (χ2n) is 4.93. The van der Waals surface area contributed by atoms with Crippen molar-refractivity contribution in [1.82, 2.24) is 9.97 Å². The fraction of sp³-hybridized carbons (Fsp3) is 0. The highest BCUT2D eigenvalue weighted by Gasteiger charge is 2.13. The lowest BCUT2D eigenvalue weighted by atomic mass is 10.0. The van der Waals surface area contributed by atoms with Crippen LogP contribution >= 0.6 is 0 Å². The molecule has 0 radical (unpaired) electrons. The van der Waals surface area contributed by atoms with E-state index in [9.17, 15) is 4.79 Å². The normalized spacial score (nSPS) is 11.1. The van der Waals surface area contributed by atoms with Gasteiger partial charge in [0.1, 0.15) is 17.0 Å². The SMILES string of the molecule is Nc1cnc(-c2cccc3oc4ccccc4c(=O)c23)cn1. The van der Waals surface area contributed by atoms with Crippen LogP contribution in [0, 0.1) is 0 Å². The van der Waals surface area contributed by atoms with Crippen molar-refractivity contribution in [2.24, 2.45) is 0 Å². The molecule has 5 nitrogen and oxygen atoms in total. The summed E-state index contributed by atoms with van der Waals surface area (Å²) in [5.74, 6) is 0.335. The van der Waals surface area contributed by atoms with Gasteiger partial charge in [0.05, 0.1) is 28.9 Å². The number of hydrogen-bond acceptors (Lipinski definition) is 5. The van der Waals surface area contributed by atoms with Gasteiger partial charge in [0.15, 0.2) is 0 Å². The summed E-state index contributed by atoms with van der Waals surface area (Å²) in [5, 5.41) is 1.05. The van der Waals surface area contributed by atoms with Crippen molar-refractivity contribution in [2.45, 2.75) is 0 Å². The average Bonchev–Trinajstić information content (AvgIpc) is 2.55. The maximum atomic E-state index is 12.8. The molecule has 22 heavy (non-hydrogen) atoms. The second-order valence-corrected chi connectivity index (χ2v) is 4.93. The van der Waals surface area contributed by atoms with Gasteiger partial charge in [-0.2, -0.15) is 0 Å². The van der Waals surface area contributed by atoms with E-state index in [-0.39, 0.29) is 5.43 Å². The third-order valence-electron chi connectivity index (χ3n) is 3.55. The van der Waals surface area contributed by atoms with Gasteiger partial charge in [0.25, 0.3) is 0 Å². The van der Waals surface area contributed by atoms with Crippen LogP contribution in [-0.2, 0) is 0 Å². The molecule has 0 saturated carbocycles. The van der Waals surface area contributed by atoms with Crippen LogP contribution in [0.2, 0.25) is 0 Å². The van der Waals surface area contributed by atoms with E-state index in [1.54, 1.807) is 24.4 Å². The van der Waals surface area contributed by atoms with Crippen molar-refractivity contribution in [2.75, 3.05) is 5.73 Å². The summed E-state index contributed by atoms with van der Waals surface area (Å²) in [6.45, 7) is 0. The lowest BCUT2D eigenvalue weighted by Gasteiger charge is -2.06. The van der Waals surface area contributed by atoms with Gasteiger partial charge in [-0.05, 0) is 18.2 Å². The minimum Gasteiger partial charge on any atom is -0.456 e. The first kappa shape index (κ1) is 12.5. The summed E-state index contributed by atoms with van der Waals surface area (Å²) in [5.41, 5.74) is 7.86. The van der Waals surface area contributed by atoms with E-state index < -0.39 is 0 Å². The molecule has 106 valence electrons. The number of anilines is 1. The molecule has 5 heteroatoms. The van der Waals surface area contributed by atoms with Crippen molar-refractivity contribution < 1.29 is 4.42 Å². The predicted octanol–water partition coefficient (Wildman–Crippen LogP) is 2.99. The van der Waals surface area contributed by atoms with Gasteiger partial charge in [0, 0.05) is 5.56 Å². The van der Waals surface area contributed by atoms with E-state index in [0.717, 1.165) is 0 Å². The molecule has 0 aliphatic heterocycles. The molecular weight excluding hydrogens is 278 g/mol. The van der Waals surface area contributed by atoms with E-state index in [2.05, 4.69) is 9.97 Å². The number of para-hydroxylation sites is 1. The first-order valence-electron chi connectivity index (χ1n) is 6.76. The molecule has 0 bridgehead atoms. The summed E-state index contributed by atoms with van der Waals surface area (Å²) in [6, 6.07) is 12.6. The molecule has 2 aromatic carbocycles.